The molecule has 0 saturated carbocycles. The lowest BCUT2D eigenvalue weighted by atomic mass is 10.0. The van der Waals surface area contributed by atoms with Crippen LogP contribution >= 0.6 is 0 Å². The summed E-state index contributed by atoms with van der Waals surface area (Å²) < 4.78 is 0. The highest BCUT2D eigenvalue weighted by molar-refractivity contribution is 5.91. The number of carboxylic acid groups (broad SMARTS) is 1. The third-order valence-corrected chi connectivity index (χ3v) is 3.66. The molecule has 1 atom stereocenters. The summed E-state index contributed by atoms with van der Waals surface area (Å²) in [6.45, 7) is 2.17. The highest BCUT2D eigenvalue weighted by Gasteiger charge is 2.02. The number of aliphatic carboxylic acids is 1. The Morgan fingerprint density at radius 3 is 2.29 bits per heavy atom. The standard InChI is InChI=1S/C20H32O4/c1-2-3-9-13-18(21)14-10-7-5-4-6-8-11-15-19(22)16-12-17-20(23)24/h6,8,11-12,15,17-18,21H,2-5,7,9-10,13-14,16H2,1H3,(H,23,24)/t18-/m0/s1. The first kappa shape index (κ1) is 22.3. The molecule has 0 amide bonds. The topological polar surface area (TPSA) is 74.6 Å². The van der Waals surface area contributed by atoms with Crippen LogP contribution in [-0.4, -0.2) is 28.1 Å². The van der Waals surface area contributed by atoms with Crippen LogP contribution in [0.5, 0.6) is 0 Å². The van der Waals surface area contributed by atoms with Crippen molar-refractivity contribution in [2.75, 3.05) is 0 Å². The zero-order valence-corrected chi connectivity index (χ0v) is 14.8. The molecule has 0 saturated heterocycles. The van der Waals surface area contributed by atoms with E-state index >= 15 is 0 Å². The molecule has 0 aliphatic heterocycles. The van der Waals surface area contributed by atoms with E-state index in [1.165, 1.54) is 25.0 Å². The van der Waals surface area contributed by atoms with Gasteiger partial charge in [0.1, 0.15) is 0 Å². The van der Waals surface area contributed by atoms with Crippen molar-refractivity contribution >= 4 is 11.8 Å². The zero-order chi connectivity index (χ0) is 18.0. The Bertz CT molecular complexity index is 421. The van der Waals surface area contributed by atoms with Crippen LogP contribution in [0.4, 0.5) is 0 Å². The van der Waals surface area contributed by atoms with E-state index in [0.717, 1.165) is 51.0 Å². The van der Waals surface area contributed by atoms with E-state index in [9.17, 15) is 14.7 Å². The van der Waals surface area contributed by atoms with Crippen molar-refractivity contribution in [3.05, 3.63) is 36.5 Å². The van der Waals surface area contributed by atoms with Crippen LogP contribution in [0.3, 0.4) is 0 Å². The van der Waals surface area contributed by atoms with Gasteiger partial charge in [-0.15, -0.1) is 0 Å². The van der Waals surface area contributed by atoms with Gasteiger partial charge in [0.2, 0.25) is 0 Å². The molecular weight excluding hydrogens is 304 g/mol. The van der Waals surface area contributed by atoms with Crippen LogP contribution in [0.25, 0.3) is 0 Å². The molecule has 4 heteroatoms. The average molecular weight is 336 g/mol. The molecule has 0 bridgehead atoms. The lowest BCUT2D eigenvalue weighted by molar-refractivity contribution is -0.131. The molecule has 0 aliphatic rings. The molecule has 0 spiro atoms. The summed E-state index contributed by atoms with van der Waals surface area (Å²) in [5, 5.41) is 18.2. The van der Waals surface area contributed by atoms with Gasteiger partial charge in [0.25, 0.3) is 0 Å². The minimum Gasteiger partial charge on any atom is -0.478 e. The molecule has 0 aromatic rings. The van der Waals surface area contributed by atoms with E-state index in [-0.39, 0.29) is 18.3 Å². The van der Waals surface area contributed by atoms with Gasteiger partial charge >= 0.3 is 5.97 Å². The minimum atomic E-state index is -1.04. The second-order valence-electron chi connectivity index (χ2n) is 5.99. The molecule has 0 fully saturated rings. The Kier molecular flexibility index (Phi) is 15.1. The number of rotatable bonds is 15. The van der Waals surface area contributed by atoms with E-state index in [2.05, 4.69) is 6.92 Å². The Morgan fingerprint density at radius 2 is 1.62 bits per heavy atom. The number of carboxylic acids is 1. The molecule has 0 heterocycles. The maximum absolute atomic E-state index is 11.4. The SMILES string of the molecule is CCCCC[C@H](O)CCCCCC=CC=CC(=O)CC=CC(=O)O. The molecule has 24 heavy (non-hydrogen) atoms. The van der Waals surface area contributed by atoms with Crippen LogP contribution < -0.4 is 0 Å². The number of allylic oxidation sites excluding steroid dienone is 5. The van der Waals surface area contributed by atoms with E-state index in [1.54, 1.807) is 6.08 Å². The summed E-state index contributed by atoms with van der Waals surface area (Å²) in [5.41, 5.74) is 0. The predicted octanol–water partition coefficient (Wildman–Crippen LogP) is 4.59. The smallest absolute Gasteiger partial charge is 0.327 e. The first-order valence-electron chi connectivity index (χ1n) is 8.99. The van der Waals surface area contributed by atoms with Crippen molar-refractivity contribution in [3.8, 4) is 0 Å². The zero-order valence-electron chi connectivity index (χ0n) is 14.8. The lowest BCUT2D eigenvalue weighted by Gasteiger charge is -2.09. The van der Waals surface area contributed by atoms with Crippen LogP contribution in [0.1, 0.15) is 71.1 Å². The number of aliphatic hydroxyl groups excluding tert-OH is 1. The largest absolute Gasteiger partial charge is 0.478 e. The van der Waals surface area contributed by atoms with Gasteiger partial charge in [0.15, 0.2) is 5.78 Å². The maximum Gasteiger partial charge on any atom is 0.327 e. The lowest BCUT2D eigenvalue weighted by Crippen LogP contribution is -2.05. The van der Waals surface area contributed by atoms with Crippen molar-refractivity contribution < 1.29 is 19.8 Å². The Balaban J connectivity index is 3.56. The average Bonchev–Trinajstić information content (AvgIpc) is 2.53. The van der Waals surface area contributed by atoms with Gasteiger partial charge < -0.3 is 10.2 Å². The second-order valence-corrected chi connectivity index (χ2v) is 5.99. The van der Waals surface area contributed by atoms with Crippen LogP contribution in [0.15, 0.2) is 36.5 Å². The van der Waals surface area contributed by atoms with Crippen LogP contribution in [0.2, 0.25) is 0 Å². The first-order chi connectivity index (χ1) is 11.6. The van der Waals surface area contributed by atoms with Gasteiger partial charge in [-0.1, -0.05) is 63.3 Å². The molecule has 0 aliphatic carbocycles. The number of hydrogen-bond acceptors (Lipinski definition) is 3. The number of hydrogen-bond donors (Lipinski definition) is 2. The number of ketones is 1. The van der Waals surface area contributed by atoms with Crippen molar-refractivity contribution in [1.29, 1.82) is 0 Å². The molecule has 0 unspecified atom stereocenters. The van der Waals surface area contributed by atoms with E-state index < -0.39 is 5.97 Å². The normalized spacial score (nSPS) is 13.2. The summed E-state index contributed by atoms with van der Waals surface area (Å²) in [6.07, 6.45) is 18.8. The van der Waals surface area contributed by atoms with Crippen molar-refractivity contribution in [2.45, 2.75) is 77.2 Å². The molecule has 0 aromatic heterocycles. The van der Waals surface area contributed by atoms with Crippen molar-refractivity contribution in [1.82, 2.24) is 0 Å². The predicted molar refractivity (Wildman–Crippen MR) is 97.9 cm³/mol. The fourth-order valence-corrected chi connectivity index (χ4v) is 2.27. The molecule has 0 radical (unpaired) electrons. The van der Waals surface area contributed by atoms with E-state index in [1.807, 2.05) is 12.2 Å². The monoisotopic (exact) mass is 336 g/mol. The molecular formula is C20H32O4. The van der Waals surface area contributed by atoms with Crippen molar-refractivity contribution in [3.63, 3.8) is 0 Å². The van der Waals surface area contributed by atoms with Gasteiger partial charge in [-0.05, 0) is 31.8 Å². The van der Waals surface area contributed by atoms with Gasteiger partial charge in [0.05, 0.1) is 6.10 Å². The second kappa shape index (κ2) is 16.2. The number of aliphatic hydroxyl groups is 1. The molecule has 0 aromatic carbocycles. The maximum atomic E-state index is 11.4. The van der Waals surface area contributed by atoms with E-state index in [4.69, 9.17) is 5.11 Å². The first-order valence-corrected chi connectivity index (χ1v) is 8.99. The van der Waals surface area contributed by atoms with Crippen molar-refractivity contribution in [2.24, 2.45) is 0 Å². The Morgan fingerprint density at radius 1 is 0.917 bits per heavy atom. The van der Waals surface area contributed by atoms with Gasteiger partial charge in [0, 0.05) is 12.5 Å². The summed E-state index contributed by atoms with van der Waals surface area (Å²) >= 11 is 0. The molecule has 4 nitrogen and oxygen atoms in total. The number of carbonyl (C=O) groups is 2. The summed E-state index contributed by atoms with van der Waals surface area (Å²) in [6, 6.07) is 0. The number of unbranched alkanes of at least 4 members (excludes halogenated alkanes) is 5. The van der Waals surface area contributed by atoms with Gasteiger partial charge in [-0.25, -0.2) is 4.79 Å². The van der Waals surface area contributed by atoms with Crippen LogP contribution in [0, 0.1) is 0 Å². The van der Waals surface area contributed by atoms with E-state index in [0.29, 0.717) is 0 Å². The summed E-state index contributed by atoms with van der Waals surface area (Å²) in [7, 11) is 0. The Hall–Kier alpha value is -1.68. The van der Waals surface area contributed by atoms with Crippen LogP contribution in [-0.2, 0) is 9.59 Å². The fraction of sp³-hybridized carbons (Fsp3) is 0.600. The number of carbonyl (C=O) groups excluding carboxylic acids is 1. The van der Waals surface area contributed by atoms with Gasteiger partial charge in [-0.3, -0.25) is 4.79 Å². The third-order valence-electron chi connectivity index (χ3n) is 3.66. The molecule has 2 N–H and O–H groups in total. The van der Waals surface area contributed by atoms with Gasteiger partial charge in [-0.2, -0.15) is 0 Å². The minimum absolute atomic E-state index is 0.108. The summed E-state index contributed by atoms with van der Waals surface area (Å²) in [5.74, 6) is -1.16. The fourth-order valence-electron chi connectivity index (χ4n) is 2.27. The highest BCUT2D eigenvalue weighted by Crippen LogP contribution is 2.11. The quantitative estimate of drug-likeness (QED) is 0.260. The Labute approximate surface area is 146 Å². The summed E-state index contributed by atoms with van der Waals surface area (Å²) in [4.78, 5) is 21.6. The molecule has 0 rings (SSSR count). The third kappa shape index (κ3) is 16.7. The highest BCUT2D eigenvalue weighted by atomic mass is 16.4. The molecule has 136 valence electrons.